The molecule has 3 rings (SSSR count). The molecule has 1 heterocycles. The zero-order valence-corrected chi connectivity index (χ0v) is 13.0. The first-order valence-corrected chi connectivity index (χ1v) is 7.17. The Morgan fingerprint density at radius 3 is 2.32 bits per heavy atom. The Balaban J connectivity index is 2.06. The van der Waals surface area contributed by atoms with Crippen molar-refractivity contribution in [1.29, 1.82) is 0 Å². The van der Waals surface area contributed by atoms with Gasteiger partial charge in [0.1, 0.15) is 0 Å². The summed E-state index contributed by atoms with van der Waals surface area (Å²) in [5.41, 5.74) is 12.1. The first-order chi connectivity index (χ1) is 10.4. The zero-order chi connectivity index (χ0) is 15.9. The molecule has 0 saturated heterocycles. The summed E-state index contributed by atoms with van der Waals surface area (Å²) in [6, 6.07) is 14.3. The Morgan fingerprint density at radius 1 is 1.09 bits per heavy atom. The predicted molar refractivity (Wildman–Crippen MR) is 88.8 cm³/mol. The van der Waals surface area contributed by atoms with Crippen molar-refractivity contribution < 1.29 is 5.21 Å². The van der Waals surface area contributed by atoms with Crippen molar-refractivity contribution in [2.24, 2.45) is 12.8 Å². The molecule has 2 aromatic carbocycles. The minimum Gasteiger partial charge on any atom is -0.322 e. The quantitative estimate of drug-likeness (QED) is 0.649. The molecule has 0 atom stereocenters. The highest BCUT2D eigenvalue weighted by Gasteiger charge is 2.14. The van der Waals surface area contributed by atoms with Gasteiger partial charge in [0.2, 0.25) is 0 Å². The fraction of sp³-hybridized carbons (Fsp3) is 0.235. The van der Waals surface area contributed by atoms with Crippen molar-refractivity contribution in [2.45, 2.75) is 19.4 Å². The van der Waals surface area contributed by atoms with Gasteiger partial charge in [-0.05, 0) is 42.7 Å². The third-order valence-corrected chi connectivity index (χ3v) is 3.92. The molecule has 5 nitrogen and oxygen atoms in total. The van der Waals surface area contributed by atoms with Crippen LogP contribution in [0.5, 0.6) is 0 Å². The van der Waals surface area contributed by atoms with Crippen LogP contribution >= 0.6 is 0 Å². The average molecular weight is 296 g/mol. The Kier molecular flexibility index (Phi) is 3.39. The van der Waals surface area contributed by atoms with Gasteiger partial charge in [0.25, 0.3) is 0 Å². The number of aryl methyl sites for hydroxylation is 1. The molecular weight excluding hydrogens is 276 g/mol. The Labute approximate surface area is 129 Å². The first-order valence-electron chi connectivity index (χ1n) is 7.17. The number of hydrogen-bond donors (Lipinski definition) is 3. The lowest BCUT2D eigenvalue weighted by atomic mass is 9.93. The summed E-state index contributed by atoms with van der Waals surface area (Å²) >= 11 is 0. The van der Waals surface area contributed by atoms with E-state index < -0.39 is 0 Å². The molecule has 0 bridgehead atoms. The molecule has 0 aliphatic carbocycles. The molecule has 0 unspecified atom stereocenters. The van der Waals surface area contributed by atoms with Gasteiger partial charge in [-0.1, -0.05) is 30.3 Å². The smallest absolute Gasteiger partial charge is 0.179 e. The molecule has 0 spiro atoms. The third kappa shape index (κ3) is 2.45. The normalized spacial score (nSPS) is 11.9. The Morgan fingerprint density at radius 2 is 1.73 bits per heavy atom. The van der Waals surface area contributed by atoms with Crippen molar-refractivity contribution >= 4 is 16.7 Å². The van der Waals surface area contributed by atoms with Gasteiger partial charge in [-0.25, -0.2) is 0 Å². The van der Waals surface area contributed by atoms with Crippen molar-refractivity contribution in [3.8, 4) is 11.1 Å². The van der Waals surface area contributed by atoms with E-state index in [9.17, 15) is 5.21 Å². The number of hydrogen-bond acceptors (Lipinski definition) is 4. The summed E-state index contributed by atoms with van der Waals surface area (Å²) in [4.78, 5) is 0. The monoisotopic (exact) mass is 296 g/mol. The third-order valence-electron chi connectivity index (χ3n) is 3.92. The molecule has 1 aromatic heterocycles. The van der Waals surface area contributed by atoms with Gasteiger partial charge in [0, 0.05) is 18.0 Å². The fourth-order valence-corrected chi connectivity index (χ4v) is 2.62. The maximum absolute atomic E-state index is 9.20. The number of rotatable bonds is 3. The highest BCUT2D eigenvalue weighted by molar-refractivity contribution is 5.93. The SMILES string of the molecule is Cn1nc(NO)c2cc(-c3ccc(C(C)(C)N)cc3)ccc21. The predicted octanol–water partition coefficient (Wildman–Crippen LogP) is 3.24. The second kappa shape index (κ2) is 5.12. The van der Waals surface area contributed by atoms with Gasteiger partial charge in [0.15, 0.2) is 5.82 Å². The second-order valence-corrected chi connectivity index (χ2v) is 6.11. The van der Waals surface area contributed by atoms with E-state index in [1.807, 2.05) is 51.2 Å². The van der Waals surface area contributed by atoms with Crippen LogP contribution in [0.4, 0.5) is 5.82 Å². The molecule has 0 aliphatic rings. The van der Waals surface area contributed by atoms with E-state index in [4.69, 9.17) is 5.73 Å². The van der Waals surface area contributed by atoms with Crippen molar-refractivity contribution in [1.82, 2.24) is 9.78 Å². The van der Waals surface area contributed by atoms with E-state index in [2.05, 4.69) is 22.7 Å². The van der Waals surface area contributed by atoms with E-state index in [0.29, 0.717) is 5.82 Å². The molecule has 114 valence electrons. The van der Waals surface area contributed by atoms with Crippen molar-refractivity contribution in [3.05, 3.63) is 48.0 Å². The summed E-state index contributed by atoms with van der Waals surface area (Å²) in [6.07, 6.45) is 0. The summed E-state index contributed by atoms with van der Waals surface area (Å²) in [5, 5.41) is 14.3. The number of anilines is 1. The van der Waals surface area contributed by atoms with E-state index in [0.717, 1.165) is 27.6 Å². The minimum absolute atomic E-state index is 0.347. The van der Waals surface area contributed by atoms with Crippen LogP contribution in [-0.2, 0) is 12.6 Å². The lowest BCUT2D eigenvalue weighted by Crippen LogP contribution is -2.28. The number of fused-ring (bicyclic) bond motifs is 1. The number of nitrogens with one attached hydrogen (secondary N) is 1. The Bertz CT molecular complexity index is 813. The van der Waals surface area contributed by atoms with Crippen molar-refractivity contribution in [3.63, 3.8) is 0 Å². The van der Waals surface area contributed by atoms with E-state index in [-0.39, 0.29) is 5.54 Å². The van der Waals surface area contributed by atoms with Crippen LogP contribution in [0.3, 0.4) is 0 Å². The summed E-state index contributed by atoms with van der Waals surface area (Å²) < 4.78 is 1.73. The molecule has 0 radical (unpaired) electrons. The maximum Gasteiger partial charge on any atom is 0.179 e. The van der Waals surface area contributed by atoms with Crippen LogP contribution in [0, 0.1) is 0 Å². The number of aromatic nitrogens is 2. The highest BCUT2D eigenvalue weighted by atomic mass is 16.5. The van der Waals surface area contributed by atoms with Crippen LogP contribution in [0.1, 0.15) is 19.4 Å². The number of nitrogens with two attached hydrogens (primary N) is 1. The van der Waals surface area contributed by atoms with Gasteiger partial charge in [-0.2, -0.15) is 5.10 Å². The van der Waals surface area contributed by atoms with Gasteiger partial charge in [-0.15, -0.1) is 0 Å². The zero-order valence-electron chi connectivity index (χ0n) is 13.0. The molecule has 3 aromatic rings. The average Bonchev–Trinajstić information content (AvgIpc) is 2.82. The summed E-state index contributed by atoms with van der Waals surface area (Å²) in [6.45, 7) is 3.98. The summed E-state index contributed by atoms with van der Waals surface area (Å²) in [7, 11) is 1.85. The van der Waals surface area contributed by atoms with Crippen molar-refractivity contribution in [2.75, 3.05) is 5.48 Å². The fourth-order valence-electron chi connectivity index (χ4n) is 2.62. The molecule has 4 N–H and O–H groups in total. The lowest BCUT2D eigenvalue weighted by Gasteiger charge is -2.19. The van der Waals surface area contributed by atoms with Gasteiger partial charge < -0.3 is 5.73 Å². The molecule has 22 heavy (non-hydrogen) atoms. The second-order valence-electron chi connectivity index (χ2n) is 6.11. The first kappa shape index (κ1) is 14.6. The number of benzene rings is 2. The molecule has 0 saturated carbocycles. The topological polar surface area (TPSA) is 76.1 Å². The molecular formula is C17H20N4O. The lowest BCUT2D eigenvalue weighted by molar-refractivity contribution is 0.385. The molecule has 0 fully saturated rings. The van der Waals surface area contributed by atoms with Crippen LogP contribution in [0.2, 0.25) is 0 Å². The van der Waals surface area contributed by atoms with Gasteiger partial charge in [-0.3, -0.25) is 15.4 Å². The van der Waals surface area contributed by atoms with Crippen LogP contribution in [-0.4, -0.2) is 15.0 Å². The standard InChI is InChI=1S/C17H20N4O/c1-17(2,18)13-7-4-11(5-8-13)12-6-9-15-14(10-12)16(20-22)19-21(15)3/h4-10,22H,18H2,1-3H3,(H,19,20). The van der Waals surface area contributed by atoms with E-state index in [1.165, 1.54) is 0 Å². The highest BCUT2D eigenvalue weighted by Crippen LogP contribution is 2.29. The molecule has 5 heteroatoms. The van der Waals surface area contributed by atoms with Gasteiger partial charge >= 0.3 is 0 Å². The molecule has 0 amide bonds. The summed E-state index contributed by atoms with van der Waals surface area (Å²) in [5.74, 6) is 0.457. The van der Waals surface area contributed by atoms with Crippen LogP contribution in [0.25, 0.3) is 22.0 Å². The molecule has 0 aliphatic heterocycles. The number of nitrogens with zero attached hydrogens (tertiary/aromatic N) is 2. The van der Waals surface area contributed by atoms with E-state index >= 15 is 0 Å². The largest absolute Gasteiger partial charge is 0.322 e. The maximum atomic E-state index is 9.20. The van der Waals surface area contributed by atoms with Gasteiger partial charge in [0.05, 0.1) is 5.52 Å². The van der Waals surface area contributed by atoms with E-state index in [1.54, 1.807) is 4.68 Å². The minimum atomic E-state index is -0.347. The van der Waals surface area contributed by atoms with Crippen LogP contribution < -0.4 is 11.2 Å². The van der Waals surface area contributed by atoms with Crippen LogP contribution in [0.15, 0.2) is 42.5 Å². The Hall–Kier alpha value is -2.37.